The highest BCUT2D eigenvalue weighted by atomic mass is 19.1. The Bertz CT molecular complexity index is 555. The number of halogens is 1. The van der Waals surface area contributed by atoms with Gasteiger partial charge in [-0.15, -0.1) is 0 Å². The SMILES string of the molecule is O=C(Nc1cnc(N2CCNCC2)nc1)N1CCC=C(F)C1. The van der Waals surface area contributed by atoms with Crippen molar-refractivity contribution >= 4 is 17.7 Å². The van der Waals surface area contributed by atoms with Gasteiger partial charge in [0.25, 0.3) is 0 Å². The molecular formula is C14H19FN6O. The van der Waals surface area contributed by atoms with Crippen molar-refractivity contribution in [3.05, 3.63) is 24.3 Å². The van der Waals surface area contributed by atoms with E-state index >= 15 is 0 Å². The van der Waals surface area contributed by atoms with Crippen LogP contribution in [0.4, 0.5) is 20.8 Å². The standard InChI is InChI=1S/C14H19FN6O/c15-11-2-1-5-21(10-11)14(22)19-12-8-17-13(18-9-12)20-6-3-16-4-7-20/h2,8-9,16H,1,3-7,10H2,(H,19,22). The van der Waals surface area contributed by atoms with Gasteiger partial charge >= 0.3 is 6.03 Å². The first-order valence-electron chi connectivity index (χ1n) is 7.40. The Labute approximate surface area is 128 Å². The number of piperazine rings is 1. The highest BCUT2D eigenvalue weighted by Crippen LogP contribution is 2.14. The predicted octanol–water partition coefficient (Wildman–Crippen LogP) is 0.977. The summed E-state index contributed by atoms with van der Waals surface area (Å²) in [7, 11) is 0. The van der Waals surface area contributed by atoms with Gasteiger partial charge in [-0.05, 0) is 12.5 Å². The third kappa shape index (κ3) is 3.51. The Balaban J connectivity index is 1.58. The van der Waals surface area contributed by atoms with Gasteiger partial charge < -0.3 is 20.4 Å². The average molecular weight is 306 g/mol. The van der Waals surface area contributed by atoms with E-state index in [-0.39, 0.29) is 18.4 Å². The molecule has 22 heavy (non-hydrogen) atoms. The molecule has 0 spiro atoms. The fraction of sp³-hybridized carbons (Fsp3) is 0.500. The Hall–Kier alpha value is -2.22. The van der Waals surface area contributed by atoms with Crippen molar-refractivity contribution in [2.75, 3.05) is 49.5 Å². The molecule has 1 saturated heterocycles. The van der Waals surface area contributed by atoms with Gasteiger partial charge in [-0.3, -0.25) is 0 Å². The molecule has 0 aromatic carbocycles. The smallest absolute Gasteiger partial charge is 0.322 e. The minimum atomic E-state index is -0.332. The third-order valence-electron chi connectivity index (χ3n) is 3.68. The molecule has 8 heteroatoms. The Morgan fingerprint density at radius 1 is 1.23 bits per heavy atom. The van der Waals surface area contributed by atoms with Gasteiger partial charge in [-0.2, -0.15) is 0 Å². The van der Waals surface area contributed by atoms with Crippen LogP contribution >= 0.6 is 0 Å². The number of hydrogen-bond donors (Lipinski definition) is 2. The summed E-state index contributed by atoms with van der Waals surface area (Å²) in [5, 5.41) is 5.97. The summed E-state index contributed by atoms with van der Waals surface area (Å²) in [6, 6.07) is -0.332. The van der Waals surface area contributed by atoms with E-state index in [2.05, 4.69) is 25.5 Å². The first kappa shape index (κ1) is 14.7. The van der Waals surface area contributed by atoms with Crippen molar-refractivity contribution in [1.29, 1.82) is 0 Å². The molecule has 3 rings (SSSR count). The van der Waals surface area contributed by atoms with E-state index in [4.69, 9.17) is 0 Å². The topological polar surface area (TPSA) is 73.4 Å². The van der Waals surface area contributed by atoms with Crippen molar-refractivity contribution in [2.45, 2.75) is 6.42 Å². The molecule has 118 valence electrons. The lowest BCUT2D eigenvalue weighted by Crippen LogP contribution is -2.44. The van der Waals surface area contributed by atoms with Crippen molar-refractivity contribution in [3.8, 4) is 0 Å². The number of rotatable bonds is 2. The first-order chi connectivity index (χ1) is 10.7. The molecule has 2 amide bonds. The lowest BCUT2D eigenvalue weighted by molar-refractivity contribution is 0.210. The van der Waals surface area contributed by atoms with E-state index < -0.39 is 0 Å². The second-order valence-corrected chi connectivity index (χ2v) is 5.30. The molecule has 0 saturated carbocycles. The maximum absolute atomic E-state index is 13.2. The van der Waals surface area contributed by atoms with E-state index in [9.17, 15) is 9.18 Å². The fourth-order valence-electron chi connectivity index (χ4n) is 2.49. The van der Waals surface area contributed by atoms with Crippen LogP contribution in [0.1, 0.15) is 6.42 Å². The van der Waals surface area contributed by atoms with Crippen LogP contribution in [-0.2, 0) is 0 Å². The lowest BCUT2D eigenvalue weighted by Gasteiger charge is -2.27. The van der Waals surface area contributed by atoms with Gasteiger partial charge in [-0.1, -0.05) is 0 Å². The summed E-state index contributed by atoms with van der Waals surface area (Å²) in [5.41, 5.74) is 0.513. The summed E-state index contributed by atoms with van der Waals surface area (Å²) in [4.78, 5) is 24.1. The zero-order valence-electron chi connectivity index (χ0n) is 12.3. The van der Waals surface area contributed by atoms with Crippen LogP contribution in [0.15, 0.2) is 24.3 Å². The number of carbonyl (C=O) groups excluding carboxylic acids is 1. The van der Waals surface area contributed by atoms with Gasteiger partial charge in [0.15, 0.2) is 0 Å². The Morgan fingerprint density at radius 2 is 1.95 bits per heavy atom. The highest BCUT2D eigenvalue weighted by Gasteiger charge is 2.19. The third-order valence-corrected chi connectivity index (χ3v) is 3.68. The van der Waals surface area contributed by atoms with Crippen molar-refractivity contribution < 1.29 is 9.18 Å². The number of aromatic nitrogens is 2. The van der Waals surface area contributed by atoms with Crippen molar-refractivity contribution in [1.82, 2.24) is 20.2 Å². The number of amides is 2. The van der Waals surface area contributed by atoms with Crippen LogP contribution in [0.2, 0.25) is 0 Å². The molecule has 0 bridgehead atoms. The van der Waals surface area contributed by atoms with Crippen molar-refractivity contribution in [2.24, 2.45) is 0 Å². The van der Waals surface area contributed by atoms with Crippen molar-refractivity contribution in [3.63, 3.8) is 0 Å². The van der Waals surface area contributed by atoms with E-state index in [0.29, 0.717) is 24.6 Å². The predicted molar refractivity (Wildman–Crippen MR) is 81.5 cm³/mol. The van der Waals surface area contributed by atoms with Crippen LogP contribution in [0.25, 0.3) is 0 Å². The molecule has 0 atom stereocenters. The molecule has 2 aliphatic rings. The molecule has 3 heterocycles. The number of nitrogens with one attached hydrogen (secondary N) is 2. The summed E-state index contributed by atoms with van der Waals surface area (Å²) < 4.78 is 13.2. The molecule has 2 N–H and O–H groups in total. The van der Waals surface area contributed by atoms with E-state index in [1.165, 1.54) is 11.0 Å². The lowest BCUT2D eigenvalue weighted by atomic mass is 10.2. The van der Waals surface area contributed by atoms with Gasteiger partial charge in [0.1, 0.15) is 5.83 Å². The molecule has 0 radical (unpaired) electrons. The fourth-order valence-corrected chi connectivity index (χ4v) is 2.49. The molecule has 1 aromatic heterocycles. The maximum Gasteiger partial charge on any atom is 0.322 e. The molecule has 7 nitrogen and oxygen atoms in total. The van der Waals surface area contributed by atoms with E-state index in [1.807, 2.05) is 0 Å². The number of hydrogen-bond acceptors (Lipinski definition) is 5. The molecule has 1 aromatic rings. The van der Waals surface area contributed by atoms with Gasteiger partial charge in [0.05, 0.1) is 24.6 Å². The minimum absolute atomic E-state index is 0.0194. The number of nitrogens with zero attached hydrogens (tertiary/aromatic N) is 4. The average Bonchev–Trinajstić information content (AvgIpc) is 2.56. The van der Waals surface area contributed by atoms with Gasteiger partial charge in [0.2, 0.25) is 5.95 Å². The Morgan fingerprint density at radius 3 is 2.64 bits per heavy atom. The zero-order valence-corrected chi connectivity index (χ0v) is 12.3. The van der Waals surface area contributed by atoms with Crippen LogP contribution in [0.3, 0.4) is 0 Å². The zero-order chi connectivity index (χ0) is 15.4. The molecule has 0 unspecified atom stereocenters. The number of anilines is 2. The van der Waals surface area contributed by atoms with Crippen LogP contribution < -0.4 is 15.5 Å². The number of urea groups is 1. The Kier molecular flexibility index (Phi) is 4.47. The summed E-state index contributed by atoms with van der Waals surface area (Å²) in [6.07, 6.45) is 5.21. The highest BCUT2D eigenvalue weighted by molar-refractivity contribution is 5.89. The molecule has 1 fully saturated rings. The normalized spacial score (nSPS) is 18.9. The van der Waals surface area contributed by atoms with Crippen LogP contribution in [0.5, 0.6) is 0 Å². The van der Waals surface area contributed by atoms with E-state index in [1.54, 1.807) is 12.4 Å². The quantitative estimate of drug-likeness (QED) is 0.852. The molecule has 0 aliphatic carbocycles. The maximum atomic E-state index is 13.2. The monoisotopic (exact) mass is 306 g/mol. The first-order valence-corrected chi connectivity index (χ1v) is 7.40. The minimum Gasteiger partial charge on any atom is -0.338 e. The second-order valence-electron chi connectivity index (χ2n) is 5.30. The van der Waals surface area contributed by atoms with Gasteiger partial charge in [0, 0.05) is 32.7 Å². The van der Waals surface area contributed by atoms with Crippen LogP contribution in [0, 0.1) is 0 Å². The molecular weight excluding hydrogens is 287 g/mol. The number of carbonyl (C=O) groups is 1. The second kappa shape index (κ2) is 6.69. The summed E-state index contributed by atoms with van der Waals surface area (Å²) in [6.45, 7) is 4.09. The summed E-state index contributed by atoms with van der Waals surface area (Å²) in [5.74, 6) is 0.387. The van der Waals surface area contributed by atoms with Gasteiger partial charge in [-0.25, -0.2) is 19.2 Å². The van der Waals surface area contributed by atoms with Crippen LogP contribution in [-0.4, -0.2) is 60.2 Å². The molecule has 2 aliphatic heterocycles. The summed E-state index contributed by atoms with van der Waals surface area (Å²) >= 11 is 0. The van der Waals surface area contributed by atoms with E-state index in [0.717, 1.165) is 26.2 Å². The largest absolute Gasteiger partial charge is 0.338 e.